The first kappa shape index (κ1) is 13.2. The molecule has 0 radical (unpaired) electrons. The summed E-state index contributed by atoms with van der Waals surface area (Å²) in [7, 11) is 0. The Bertz CT molecular complexity index is 514. The number of ether oxygens (including phenoxy) is 2. The third kappa shape index (κ3) is 3.86. The van der Waals surface area contributed by atoms with E-state index in [-0.39, 0.29) is 0 Å². The van der Waals surface area contributed by atoms with E-state index in [0.717, 1.165) is 5.75 Å². The van der Waals surface area contributed by atoms with Crippen LogP contribution in [0.15, 0.2) is 42.6 Å². The molecule has 0 atom stereocenters. The predicted octanol–water partition coefficient (Wildman–Crippen LogP) is 2.13. The molecule has 0 aliphatic carbocycles. The number of nitrogens with two attached hydrogens (primary N) is 1. The monoisotopic (exact) mass is 259 g/mol. The van der Waals surface area contributed by atoms with Crippen LogP contribution in [-0.2, 0) is 0 Å². The van der Waals surface area contributed by atoms with Crippen LogP contribution in [0.25, 0.3) is 0 Å². The van der Waals surface area contributed by atoms with Crippen LogP contribution in [0.4, 0.5) is 5.82 Å². The molecule has 0 bridgehead atoms. The smallest absolute Gasteiger partial charge is 0.182 e. The Hall–Kier alpha value is -2.27. The summed E-state index contributed by atoms with van der Waals surface area (Å²) in [4.78, 5) is 4.04. The molecule has 5 heteroatoms. The van der Waals surface area contributed by atoms with Crippen molar-refractivity contribution in [3.05, 3.63) is 48.2 Å². The van der Waals surface area contributed by atoms with Crippen LogP contribution in [-0.4, -0.2) is 18.2 Å². The minimum absolute atomic E-state index is 0.425. The van der Waals surface area contributed by atoms with Crippen molar-refractivity contribution in [2.75, 3.05) is 18.6 Å². The maximum Gasteiger partial charge on any atom is 0.182 e. The molecule has 0 unspecified atom stereocenters. The first-order chi connectivity index (χ1) is 9.29. The Balaban J connectivity index is 1.79. The molecule has 1 heterocycles. The van der Waals surface area contributed by atoms with Crippen LogP contribution in [0.2, 0.25) is 0 Å². The van der Waals surface area contributed by atoms with Crippen molar-refractivity contribution in [2.24, 2.45) is 5.84 Å². The minimum Gasteiger partial charge on any atom is -0.490 e. The topological polar surface area (TPSA) is 69.4 Å². The summed E-state index contributed by atoms with van der Waals surface area (Å²) < 4.78 is 11.1. The highest BCUT2D eigenvalue weighted by molar-refractivity contribution is 5.48. The fraction of sp³-hybridized carbons (Fsp3) is 0.214. The van der Waals surface area contributed by atoms with Gasteiger partial charge in [0.2, 0.25) is 0 Å². The number of nitrogen functional groups attached to an aromatic ring is 1. The van der Waals surface area contributed by atoms with E-state index in [4.69, 9.17) is 15.3 Å². The maximum atomic E-state index is 5.56. The van der Waals surface area contributed by atoms with Crippen molar-refractivity contribution in [3.63, 3.8) is 0 Å². The molecule has 0 aliphatic heterocycles. The average Bonchev–Trinajstić information content (AvgIpc) is 2.46. The van der Waals surface area contributed by atoms with Gasteiger partial charge in [-0.05, 0) is 31.2 Å². The van der Waals surface area contributed by atoms with Crippen molar-refractivity contribution >= 4 is 5.82 Å². The van der Waals surface area contributed by atoms with E-state index in [0.29, 0.717) is 24.8 Å². The third-order valence-electron chi connectivity index (χ3n) is 2.54. The molecule has 2 aromatic rings. The zero-order valence-corrected chi connectivity index (χ0v) is 10.8. The molecule has 3 N–H and O–H groups in total. The molecule has 0 fully saturated rings. The molecule has 0 saturated heterocycles. The summed E-state index contributed by atoms with van der Waals surface area (Å²) in [5.41, 5.74) is 3.69. The second-order valence-corrected chi connectivity index (χ2v) is 4.00. The largest absolute Gasteiger partial charge is 0.490 e. The summed E-state index contributed by atoms with van der Waals surface area (Å²) in [6.07, 6.45) is 1.64. The molecule has 100 valence electrons. The molecular formula is C14H17N3O2. The molecule has 0 aliphatic rings. The standard InChI is InChI=1S/C14H17N3O2/c1-11-4-6-12(7-5-11)18-9-10-19-13-3-2-8-16-14(13)17-15/h2-8H,9-10,15H2,1H3,(H,16,17). The normalized spacial score (nSPS) is 10.0. The van der Waals surface area contributed by atoms with Gasteiger partial charge in [-0.25, -0.2) is 10.8 Å². The fourth-order valence-corrected chi connectivity index (χ4v) is 1.56. The molecule has 5 nitrogen and oxygen atoms in total. The van der Waals surface area contributed by atoms with Crippen molar-refractivity contribution in [3.8, 4) is 11.5 Å². The number of nitrogens with one attached hydrogen (secondary N) is 1. The highest BCUT2D eigenvalue weighted by Gasteiger charge is 2.02. The second-order valence-electron chi connectivity index (χ2n) is 4.00. The summed E-state index contributed by atoms with van der Waals surface area (Å²) in [6.45, 7) is 2.92. The number of pyridine rings is 1. The van der Waals surface area contributed by atoms with Gasteiger partial charge in [-0.1, -0.05) is 17.7 Å². The number of benzene rings is 1. The highest BCUT2D eigenvalue weighted by atomic mass is 16.5. The number of hydrogen-bond donors (Lipinski definition) is 2. The minimum atomic E-state index is 0.425. The van der Waals surface area contributed by atoms with E-state index in [1.54, 1.807) is 18.3 Å². The van der Waals surface area contributed by atoms with Crippen molar-refractivity contribution in [1.82, 2.24) is 4.98 Å². The Labute approximate surface area is 112 Å². The van der Waals surface area contributed by atoms with Crippen LogP contribution in [0.1, 0.15) is 5.56 Å². The first-order valence-corrected chi connectivity index (χ1v) is 6.03. The Morgan fingerprint density at radius 1 is 1.11 bits per heavy atom. The van der Waals surface area contributed by atoms with E-state index in [1.807, 2.05) is 31.2 Å². The van der Waals surface area contributed by atoms with Gasteiger partial charge >= 0.3 is 0 Å². The zero-order valence-electron chi connectivity index (χ0n) is 10.8. The van der Waals surface area contributed by atoms with Crippen molar-refractivity contribution in [1.29, 1.82) is 0 Å². The lowest BCUT2D eigenvalue weighted by atomic mass is 10.2. The van der Waals surface area contributed by atoms with Gasteiger partial charge in [0.15, 0.2) is 11.6 Å². The fourth-order valence-electron chi connectivity index (χ4n) is 1.56. The Morgan fingerprint density at radius 2 is 1.84 bits per heavy atom. The van der Waals surface area contributed by atoms with E-state index in [9.17, 15) is 0 Å². The number of nitrogens with zero attached hydrogens (tertiary/aromatic N) is 1. The molecule has 1 aromatic carbocycles. The molecule has 19 heavy (non-hydrogen) atoms. The van der Waals surface area contributed by atoms with Crippen molar-refractivity contribution in [2.45, 2.75) is 6.92 Å². The van der Waals surface area contributed by atoms with Gasteiger partial charge in [-0.15, -0.1) is 0 Å². The molecule has 1 aromatic heterocycles. The Kier molecular flexibility index (Phi) is 4.58. The van der Waals surface area contributed by atoms with Crippen LogP contribution in [0.3, 0.4) is 0 Å². The average molecular weight is 259 g/mol. The number of hydrazine groups is 1. The third-order valence-corrected chi connectivity index (χ3v) is 2.54. The van der Waals surface area contributed by atoms with Gasteiger partial charge in [0.25, 0.3) is 0 Å². The number of aromatic nitrogens is 1. The molecule has 0 saturated carbocycles. The first-order valence-electron chi connectivity index (χ1n) is 6.03. The van der Waals surface area contributed by atoms with Gasteiger partial charge in [0, 0.05) is 6.20 Å². The van der Waals surface area contributed by atoms with Gasteiger partial charge < -0.3 is 14.9 Å². The lowest BCUT2D eigenvalue weighted by Crippen LogP contribution is -2.13. The summed E-state index contributed by atoms with van der Waals surface area (Å²) in [5, 5.41) is 0. The second kappa shape index (κ2) is 6.61. The van der Waals surface area contributed by atoms with E-state index >= 15 is 0 Å². The van der Waals surface area contributed by atoms with Gasteiger partial charge in [0.05, 0.1) is 0 Å². The number of hydrogen-bond acceptors (Lipinski definition) is 5. The van der Waals surface area contributed by atoms with E-state index in [2.05, 4.69) is 10.4 Å². The van der Waals surface area contributed by atoms with Gasteiger partial charge in [-0.3, -0.25) is 0 Å². The summed E-state index contributed by atoms with van der Waals surface area (Å²) in [5.74, 6) is 7.29. The molecule has 0 amide bonds. The number of anilines is 1. The van der Waals surface area contributed by atoms with Crippen LogP contribution in [0.5, 0.6) is 11.5 Å². The molecule has 2 rings (SSSR count). The lowest BCUT2D eigenvalue weighted by Gasteiger charge is -2.10. The predicted molar refractivity (Wildman–Crippen MR) is 74.2 cm³/mol. The van der Waals surface area contributed by atoms with Crippen LogP contribution < -0.4 is 20.7 Å². The zero-order chi connectivity index (χ0) is 13.5. The lowest BCUT2D eigenvalue weighted by molar-refractivity contribution is 0.217. The SMILES string of the molecule is Cc1ccc(OCCOc2cccnc2NN)cc1. The number of rotatable bonds is 6. The van der Waals surface area contributed by atoms with Gasteiger partial charge in [0.1, 0.15) is 19.0 Å². The Morgan fingerprint density at radius 3 is 2.58 bits per heavy atom. The summed E-state index contributed by atoms with van der Waals surface area (Å²) in [6, 6.07) is 11.5. The van der Waals surface area contributed by atoms with Crippen molar-refractivity contribution < 1.29 is 9.47 Å². The molecular weight excluding hydrogens is 242 g/mol. The quantitative estimate of drug-likeness (QED) is 0.472. The van der Waals surface area contributed by atoms with E-state index < -0.39 is 0 Å². The maximum absolute atomic E-state index is 5.56. The number of aryl methyl sites for hydroxylation is 1. The van der Waals surface area contributed by atoms with Crippen LogP contribution in [0, 0.1) is 6.92 Å². The summed E-state index contributed by atoms with van der Waals surface area (Å²) >= 11 is 0. The molecule has 0 spiro atoms. The van der Waals surface area contributed by atoms with Gasteiger partial charge in [-0.2, -0.15) is 0 Å². The highest BCUT2D eigenvalue weighted by Crippen LogP contribution is 2.19. The van der Waals surface area contributed by atoms with Crippen LogP contribution >= 0.6 is 0 Å². The van der Waals surface area contributed by atoms with E-state index in [1.165, 1.54) is 5.56 Å².